The molecule has 1 saturated heterocycles. The lowest BCUT2D eigenvalue weighted by Gasteiger charge is -2.26. The zero-order valence-electron chi connectivity index (χ0n) is 21.8. The van der Waals surface area contributed by atoms with Gasteiger partial charge in [0.2, 0.25) is 15.9 Å². The van der Waals surface area contributed by atoms with Crippen molar-refractivity contribution >= 4 is 37.3 Å². The molecular weight excluding hydrogens is 522 g/mol. The number of piperidine rings is 1. The third-order valence-electron chi connectivity index (χ3n) is 6.77. The van der Waals surface area contributed by atoms with Crippen molar-refractivity contribution in [2.75, 3.05) is 29.3 Å². The van der Waals surface area contributed by atoms with Crippen molar-refractivity contribution in [1.29, 1.82) is 0 Å². The summed E-state index contributed by atoms with van der Waals surface area (Å²) < 4.78 is 55.6. The monoisotopic (exact) mass is 555 g/mol. The summed E-state index contributed by atoms with van der Waals surface area (Å²) in [5.41, 5.74) is 3.58. The van der Waals surface area contributed by atoms with Crippen molar-refractivity contribution in [2.45, 2.75) is 49.8 Å². The first-order chi connectivity index (χ1) is 18.0. The predicted octanol–water partition coefficient (Wildman–Crippen LogP) is 4.62. The van der Waals surface area contributed by atoms with Crippen LogP contribution in [0.4, 0.5) is 11.4 Å². The summed E-state index contributed by atoms with van der Waals surface area (Å²) >= 11 is 0. The van der Waals surface area contributed by atoms with Crippen molar-refractivity contribution < 1.29 is 21.6 Å². The van der Waals surface area contributed by atoms with Gasteiger partial charge in [0, 0.05) is 18.8 Å². The second-order valence-corrected chi connectivity index (χ2v) is 13.4. The first-order valence-electron chi connectivity index (χ1n) is 12.6. The van der Waals surface area contributed by atoms with Crippen LogP contribution in [0.15, 0.2) is 76.5 Å². The van der Waals surface area contributed by atoms with Crippen molar-refractivity contribution in [2.24, 2.45) is 0 Å². The Kier molecular flexibility index (Phi) is 8.25. The maximum Gasteiger partial charge on any atom is 0.264 e. The summed E-state index contributed by atoms with van der Waals surface area (Å²) in [4.78, 5) is 13.3. The maximum absolute atomic E-state index is 13.6. The minimum Gasteiger partial charge on any atom is -0.325 e. The average molecular weight is 556 g/mol. The van der Waals surface area contributed by atoms with Crippen LogP contribution in [0.5, 0.6) is 0 Å². The van der Waals surface area contributed by atoms with Gasteiger partial charge in [-0.05, 0) is 93.3 Å². The first-order valence-corrected chi connectivity index (χ1v) is 15.4. The van der Waals surface area contributed by atoms with Gasteiger partial charge in [-0.2, -0.15) is 4.31 Å². The van der Waals surface area contributed by atoms with Gasteiger partial charge < -0.3 is 5.32 Å². The highest BCUT2D eigenvalue weighted by atomic mass is 32.2. The molecule has 10 heteroatoms. The van der Waals surface area contributed by atoms with E-state index in [4.69, 9.17) is 0 Å². The van der Waals surface area contributed by atoms with Crippen LogP contribution in [-0.4, -0.2) is 46.7 Å². The summed E-state index contributed by atoms with van der Waals surface area (Å²) in [6.45, 7) is 6.24. The fourth-order valence-corrected chi connectivity index (χ4v) is 7.26. The van der Waals surface area contributed by atoms with Crippen LogP contribution in [0.2, 0.25) is 0 Å². The second-order valence-electron chi connectivity index (χ2n) is 9.63. The lowest BCUT2D eigenvalue weighted by Crippen LogP contribution is -2.38. The van der Waals surface area contributed by atoms with E-state index in [1.807, 2.05) is 26.8 Å². The predicted molar refractivity (Wildman–Crippen MR) is 149 cm³/mol. The minimum absolute atomic E-state index is 0.0846. The van der Waals surface area contributed by atoms with Crippen molar-refractivity contribution in [3.05, 3.63) is 83.4 Å². The lowest BCUT2D eigenvalue weighted by atomic mass is 10.1. The molecule has 0 aromatic heterocycles. The van der Waals surface area contributed by atoms with Crippen LogP contribution in [0, 0.1) is 20.8 Å². The standard InChI is InChI=1S/C28H33N3O5S2/c1-21-7-13-27(14-8-21)38(35,36)31(25-12-9-22(2)23(3)19-25)20-28(32)29-24-10-15-26(16-11-24)37(33,34)30-17-5-4-6-18-30/h7-16,19H,4-6,17-18,20H2,1-3H3,(H,29,32). The van der Waals surface area contributed by atoms with Gasteiger partial charge in [0.15, 0.2) is 0 Å². The van der Waals surface area contributed by atoms with Gasteiger partial charge in [-0.1, -0.05) is 30.2 Å². The van der Waals surface area contributed by atoms with Crippen LogP contribution in [0.3, 0.4) is 0 Å². The van der Waals surface area contributed by atoms with E-state index in [9.17, 15) is 21.6 Å². The van der Waals surface area contributed by atoms with Crippen LogP contribution in [0.25, 0.3) is 0 Å². The van der Waals surface area contributed by atoms with E-state index in [1.165, 1.54) is 40.7 Å². The average Bonchev–Trinajstić information content (AvgIpc) is 2.90. The number of aryl methyl sites for hydroxylation is 3. The minimum atomic E-state index is -4.04. The van der Waals surface area contributed by atoms with E-state index in [0.717, 1.165) is 40.3 Å². The molecule has 4 rings (SSSR count). The Hall–Kier alpha value is -3.21. The second kappa shape index (κ2) is 11.3. The smallest absolute Gasteiger partial charge is 0.264 e. The van der Waals surface area contributed by atoms with Crippen molar-refractivity contribution in [3.8, 4) is 0 Å². The highest BCUT2D eigenvalue weighted by molar-refractivity contribution is 7.92. The van der Waals surface area contributed by atoms with Crippen LogP contribution >= 0.6 is 0 Å². The quantitative estimate of drug-likeness (QED) is 0.437. The number of carbonyl (C=O) groups is 1. The first kappa shape index (κ1) is 27.8. The summed E-state index contributed by atoms with van der Waals surface area (Å²) in [5, 5.41) is 2.71. The molecule has 1 amide bonds. The molecule has 38 heavy (non-hydrogen) atoms. The molecule has 3 aromatic rings. The maximum atomic E-state index is 13.6. The zero-order valence-corrected chi connectivity index (χ0v) is 23.5. The molecule has 1 N–H and O–H groups in total. The fourth-order valence-electron chi connectivity index (χ4n) is 4.33. The Morgan fingerprint density at radius 1 is 0.789 bits per heavy atom. The van der Waals surface area contributed by atoms with Gasteiger partial charge >= 0.3 is 0 Å². The van der Waals surface area contributed by atoms with Gasteiger partial charge in [0.05, 0.1) is 15.5 Å². The Morgan fingerprint density at radius 3 is 2.00 bits per heavy atom. The van der Waals surface area contributed by atoms with Gasteiger partial charge in [0.25, 0.3) is 10.0 Å². The third-order valence-corrected chi connectivity index (χ3v) is 10.5. The van der Waals surface area contributed by atoms with Gasteiger partial charge in [-0.3, -0.25) is 9.10 Å². The Balaban J connectivity index is 1.56. The molecule has 202 valence electrons. The van der Waals surface area contributed by atoms with E-state index in [0.29, 0.717) is 24.5 Å². The Labute approximate surface area is 225 Å². The van der Waals surface area contributed by atoms with E-state index < -0.39 is 32.5 Å². The molecule has 0 atom stereocenters. The molecule has 3 aromatic carbocycles. The zero-order chi connectivity index (χ0) is 27.5. The molecule has 0 saturated carbocycles. The van der Waals surface area contributed by atoms with Crippen molar-refractivity contribution in [1.82, 2.24) is 4.31 Å². The van der Waals surface area contributed by atoms with Crippen LogP contribution < -0.4 is 9.62 Å². The van der Waals surface area contributed by atoms with Gasteiger partial charge in [-0.25, -0.2) is 16.8 Å². The number of carbonyl (C=O) groups excluding carboxylic acids is 1. The third kappa shape index (κ3) is 6.09. The molecule has 0 bridgehead atoms. The van der Waals surface area contributed by atoms with E-state index in [-0.39, 0.29) is 9.79 Å². The largest absolute Gasteiger partial charge is 0.325 e. The molecule has 8 nitrogen and oxygen atoms in total. The molecule has 1 aliphatic heterocycles. The number of anilines is 2. The van der Waals surface area contributed by atoms with E-state index in [2.05, 4.69) is 5.32 Å². The van der Waals surface area contributed by atoms with E-state index in [1.54, 1.807) is 24.3 Å². The molecule has 1 heterocycles. The highest BCUT2D eigenvalue weighted by Gasteiger charge is 2.28. The van der Waals surface area contributed by atoms with Crippen LogP contribution in [-0.2, 0) is 24.8 Å². The summed E-state index contributed by atoms with van der Waals surface area (Å²) in [6, 6.07) is 17.7. The number of hydrogen-bond donors (Lipinski definition) is 1. The van der Waals surface area contributed by atoms with E-state index >= 15 is 0 Å². The molecule has 1 aliphatic rings. The number of sulfonamides is 2. The molecule has 0 spiro atoms. The topological polar surface area (TPSA) is 104 Å². The SMILES string of the molecule is Cc1ccc(S(=O)(=O)N(CC(=O)Nc2ccc(S(=O)(=O)N3CCCCC3)cc2)c2ccc(C)c(C)c2)cc1. The molecule has 0 unspecified atom stereocenters. The molecule has 0 radical (unpaired) electrons. The van der Waals surface area contributed by atoms with Gasteiger partial charge in [0.1, 0.15) is 6.54 Å². The van der Waals surface area contributed by atoms with Crippen LogP contribution in [0.1, 0.15) is 36.0 Å². The lowest BCUT2D eigenvalue weighted by molar-refractivity contribution is -0.114. The number of amides is 1. The molecule has 0 aliphatic carbocycles. The highest BCUT2D eigenvalue weighted by Crippen LogP contribution is 2.27. The number of rotatable bonds is 8. The summed E-state index contributed by atoms with van der Waals surface area (Å²) in [7, 11) is -7.63. The number of nitrogens with one attached hydrogen (secondary N) is 1. The summed E-state index contributed by atoms with van der Waals surface area (Å²) in [5.74, 6) is -0.550. The van der Waals surface area contributed by atoms with Gasteiger partial charge in [-0.15, -0.1) is 0 Å². The summed E-state index contributed by atoms with van der Waals surface area (Å²) in [6.07, 6.45) is 2.71. The van der Waals surface area contributed by atoms with Crippen molar-refractivity contribution in [3.63, 3.8) is 0 Å². The molecule has 1 fully saturated rings. The number of benzene rings is 3. The normalized spacial score (nSPS) is 14.7. The Bertz CT molecular complexity index is 1510. The molecular formula is C28H33N3O5S2. The number of hydrogen-bond acceptors (Lipinski definition) is 5. The number of nitrogens with zero attached hydrogens (tertiary/aromatic N) is 2. The fraction of sp³-hybridized carbons (Fsp3) is 0.321. The Morgan fingerprint density at radius 2 is 1.39 bits per heavy atom.